The van der Waals surface area contributed by atoms with E-state index >= 15 is 0 Å². The molecule has 0 aromatic carbocycles. The summed E-state index contributed by atoms with van der Waals surface area (Å²) in [5.41, 5.74) is 4.61. The molecule has 0 aliphatic heterocycles. The maximum atomic E-state index is 12.8. The number of hydrogen-bond donors (Lipinski definition) is 1. The summed E-state index contributed by atoms with van der Waals surface area (Å²) in [7, 11) is 0. The van der Waals surface area contributed by atoms with Crippen LogP contribution < -0.4 is 5.73 Å². The highest BCUT2D eigenvalue weighted by Crippen LogP contribution is 2.41. The molecule has 2 atom stereocenters. The maximum absolute atomic E-state index is 12.8. The van der Waals surface area contributed by atoms with Gasteiger partial charge in [-0.1, -0.05) is 19.8 Å². The zero-order valence-corrected chi connectivity index (χ0v) is 11.1. The average molecular weight is 278 g/mol. The minimum atomic E-state index is -4.39. The minimum Gasteiger partial charge on any atom is -0.326 e. The van der Waals surface area contributed by atoms with Crippen LogP contribution in [0, 0.1) is 5.92 Å². The molecule has 1 fully saturated rings. The van der Waals surface area contributed by atoms with Crippen LogP contribution in [0.1, 0.15) is 54.1 Å². The van der Waals surface area contributed by atoms with Crippen molar-refractivity contribution in [2.75, 3.05) is 0 Å². The molecule has 102 valence electrons. The van der Waals surface area contributed by atoms with E-state index in [9.17, 15) is 13.2 Å². The normalized spacial score (nSPS) is 25.4. The van der Waals surface area contributed by atoms with Crippen molar-refractivity contribution >= 4 is 11.3 Å². The summed E-state index contributed by atoms with van der Waals surface area (Å²) >= 11 is 1.14. The van der Waals surface area contributed by atoms with Crippen molar-refractivity contribution in [2.24, 2.45) is 11.7 Å². The Morgan fingerprint density at radius 1 is 1.39 bits per heavy atom. The monoisotopic (exact) mass is 278 g/mol. The number of hydrogen-bond acceptors (Lipinski definition) is 3. The van der Waals surface area contributed by atoms with Crippen molar-refractivity contribution < 1.29 is 13.2 Å². The predicted molar refractivity (Wildman–Crippen MR) is 65.4 cm³/mol. The van der Waals surface area contributed by atoms with E-state index in [1.54, 1.807) is 0 Å². The fraction of sp³-hybridized carbons (Fsp3) is 0.750. The van der Waals surface area contributed by atoms with Crippen molar-refractivity contribution in [3.8, 4) is 0 Å². The van der Waals surface area contributed by atoms with Gasteiger partial charge in [0.1, 0.15) is 0 Å². The van der Waals surface area contributed by atoms with E-state index in [0.717, 1.165) is 37.0 Å². The molecule has 1 aliphatic rings. The van der Waals surface area contributed by atoms with Crippen LogP contribution in [0.4, 0.5) is 13.2 Å². The van der Waals surface area contributed by atoms with Crippen LogP contribution in [0.25, 0.3) is 0 Å². The number of halogens is 3. The van der Waals surface area contributed by atoms with Crippen LogP contribution in [0.3, 0.4) is 0 Å². The van der Waals surface area contributed by atoms with E-state index in [-0.39, 0.29) is 17.3 Å². The third kappa shape index (κ3) is 2.85. The Balaban J connectivity index is 2.26. The lowest BCUT2D eigenvalue weighted by atomic mass is 9.83. The Morgan fingerprint density at radius 2 is 2.11 bits per heavy atom. The number of rotatable bonds is 2. The molecule has 6 heteroatoms. The van der Waals surface area contributed by atoms with E-state index in [2.05, 4.69) is 11.9 Å². The van der Waals surface area contributed by atoms with Crippen molar-refractivity contribution in [2.45, 2.75) is 51.2 Å². The molecular formula is C12H17F3N2S. The Bertz CT molecular complexity index is 414. The maximum Gasteiger partial charge on any atom is 0.434 e. The van der Waals surface area contributed by atoms with Gasteiger partial charge in [0.05, 0.1) is 9.88 Å². The molecule has 0 radical (unpaired) electrons. The van der Waals surface area contributed by atoms with Gasteiger partial charge in [-0.15, -0.1) is 11.3 Å². The highest BCUT2D eigenvalue weighted by molar-refractivity contribution is 7.11. The molecule has 2 N–H and O–H groups in total. The molecule has 1 saturated carbocycles. The van der Waals surface area contributed by atoms with Gasteiger partial charge in [0.25, 0.3) is 0 Å². The zero-order valence-electron chi connectivity index (χ0n) is 10.3. The third-order valence-corrected chi connectivity index (χ3v) is 4.69. The molecule has 0 amide bonds. The molecule has 2 nitrogen and oxygen atoms in total. The number of aromatic nitrogens is 1. The Morgan fingerprint density at radius 3 is 2.61 bits per heavy atom. The van der Waals surface area contributed by atoms with Crippen molar-refractivity contribution in [3.63, 3.8) is 0 Å². The first-order valence-corrected chi connectivity index (χ1v) is 7.00. The van der Waals surface area contributed by atoms with Crippen molar-refractivity contribution in [1.82, 2.24) is 4.98 Å². The first kappa shape index (κ1) is 13.8. The van der Waals surface area contributed by atoms with Gasteiger partial charge in [-0.3, -0.25) is 0 Å². The van der Waals surface area contributed by atoms with E-state index in [1.807, 2.05) is 0 Å². The lowest BCUT2D eigenvalue weighted by molar-refractivity contribution is -0.141. The second-order valence-electron chi connectivity index (χ2n) is 4.99. The van der Waals surface area contributed by atoms with E-state index in [1.165, 1.54) is 0 Å². The van der Waals surface area contributed by atoms with Crippen LogP contribution in [0.5, 0.6) is 0 Å². The molecule has 0 saturated heterocycles. The summed E-state index contributed by atoms with van der Waals surface area (Å²) in [6, 6.07) is 0. The van der Waals surface area contributed by atoms with Gasteiger partial charge in [-0.05, 0) is 18.8 Å². The predicted octanol–water partition coefficient (Wildman–Crippen LogP) is 3.91. The molecule has 1 aromatic rings. The van der Waals surface area contributed by atoms with E-state index < -0.39 is 11.9 Å². The smallest absolute Gasteiger partial charge is 0.326 e. The Labute approximate surface area is 108 Å². The zero-order chi connectivity index (χ0) is 13.3. The van der Waals surface area contributed by atoms with Crippen LogP contribution in [-0.2, 0) is 12.7 Å². The second-order valence-corrected chi connectivity index (χ2v) is 6.11. The first-order chi connectivity index (χ1) is 8.41. The van der Waals surface area contributed by atoms with Crippen molar-refractivity contribution in [3.05, 3.63) is 15.6 Å². The summed E-state index contributed by atoms with van der Waals surface area (Å²) < 4.78 is 38.3. The standard InChI is InChI=1S/C12H17F3N2S/c1-7-3-2-4-8(5-7)11-17-10(12(13,14)15)9(6-16)18-11/h7-8H,2-6,16H2,1H3. The molecule has 1 aromatic heterocycles. The van der Waals surface area contributed by atoms with Gasteiger partial charge < -0.3 is 5.73 Å². The quantitative estimate of drug-likeness (QED) is 0.890. The largest absolute Gasteiger partial charge is 0.434 e. The second kappa shape index (κ2) is 5.17. The third-order valence-electron chi connectivity index (χ3n) is 3.45. The lowest BCUT2D eigenvalue weighted by Crippen LogP contribution is -2.13. The van der Waals surface area contributed by atoms with E-state index in [4.69, 9.17) is 5.73 Å². The van der Waals surface area contributed by atoms with Gasteiger partial charge in [-0.2, -0.15) is 13.2 Å². The fourth-order valence-electron chi connectivity index (χ4n) is 2.56. The highest BCUT2D eigenvalue weighted by atomic mass is 32.1. The van der Waals surface area contributed by atoms with Crippen LogP contribution in [-0.4, -0.2) is 4.98 Å². The molecule has 1 heterocycles. The SMILES string of the molecule is CC1CCCC(c2nc(C(F)(F)F)c(CN)s2)C1. The number of nitrogens with two attached hydrogens (primary N) is 1. The number of nitrogens with zero attached hydrogens (tertiary/aromatic N) is 1. The van der Waals surface area contributed by atoms with Gasteiger partial charge in [-0.25, -0.2) is 4.98 Å². The summed E-state index contributed by atoms with van der Waals surface area (Å²) in [4.78, 5) is 3.99. The molecule has 2 unspecified atom stereocenters. The summed E-state index contributed by atoms with van der Waals surface area (Å²) in [5.74, 6) is 0.753. The number of thiazole rings is 1. The van der Waals surface area contributed by atoms with Gasteiger partial charge in [0.15, 0.2) is 5.69 Å². The topological polar surface area (TPSA) is 38.9 Å². The number of alkyl halides is 3. The van der Waals surface area contributed by atoms with Crippen molar-refractivity contribution in [1.29, 1.82) is 0 Å². The molecule has 0 bridgehead atoms. The van der Waals surface area contributed by atoms with Gasteiger partial charge >= 0.3 is 6.18 Å². The summed E-state index contributed by atoms with van der Waals surface area (Å²) in [5, 5.41) is 0.620. The molecule has 0 spiro atoms. The minimum absolute atomic E-state index is 0.0885. The lowest BCUT2D eigenvalue weighted by Gasteiger charge is -2.24. The Hall–Kier alpha value is -0.620. The summed E-state index contributed by atoms with van der Waals surface area (Å²) in [6.07, 6.45) is -0.264. The summed E-state index contributed by atoms with van der Waals surface area (Å²) in [6.45, 7) is 2.06. The fourth-order valence-corrected chi connectivity index (χ4v) is 3.67. The molecular weight excluding hydrogens is 261 g/mol. The van der Waals surface area contributed by atoms with Crippen LogP contribution in [0.2, 0.25) is 0 Å². The Kier molecular flexibility index (Phi) is 3.96. The van der Waals surface area contributed by atoms with Gasteiger partial charge in [0, 0.05) is 12.5 Å². The first-order valence-electron chi connectivity index (χ1n) is 6.18. The van der Waals surface area contributed by atoms with Crippen LogP contribution >= 0.6 is 11.3 Å². The molecule has 18 heavy (non-hydrogen) atoms. The van der Waals surface area contributed by atoms with E-state index in [0.29, 0.717) is 10.9 Å². The molecule has 1 aliphatic carbocycles. The van der Waals surface area contributed by atoms with Crippen LogP contribution in [0.15, 0.2) is 0 Å². The van der Waals surface area contributed by atoms with Gasteiger partial charge in [0.2, 0.25) is 0 Å². The highest BCUT2D eigenvalue weighted by Gasteiger charge is 2.38. The molecule has 2 rings (SSSR count). The average Bonchev–Trinajstić information content (AvgIpc) is 2.72.